The van der Waals surface area contributed by atoms with E-state index in [1.807, 2.05) is 24.3 Å². The van der Waals surface area contributed by atoms with E-state index >= 15 is 0 Å². The molecule has 2 aliphatic rings. The summed E-state index contributed by atoms with van der Waals surface area (Å²) in [4.78, 5) is 0. The molecule has 1 aromatic heterocycles. The SMILES string of the molecule is c1ccc2c(c1)Oc1cccc3c1B2Oc1c-3cccc1-n1c2ccccc2c2ccccc21. The molecule has 3 nitrogen and oxygen atoms in total. The van der Waals surface area contributed by atoms with Gasteiger partial charge in [-0.2, -0.15) is 0 Å². The van der Waals surface area contributed by atoms with Crippen molar-refractivity contribution in [2.24, 2.45) is 0 Å². The van der Waals surface area contributed by atoms with Crippen LogP contribution in [0.25, 0.3) is 38.6 Å². The molecule has 0 fully saturated rings. The number of hydrogen-bond acceptors (Lipinski definition) is 2. The fraction of sp³-hybridized carbons (Fsp3) is 0. The van der Waals surface area contributed by atoms with Crippen LogP contribution in [0, 0.1) is 0 Å². The van der Waals surface area contributed by atoms with Crippen molar-refractivity contribution in [1.29, 1.82) is 0 Å². The molecule has 0 unspecified atom stereocenters. The molecule has 0 radical (unpaired) electrons. The minimum Gasteiger partial charge on any atom is -0.549 e. The van der Waals surface area contributed by atoms with Crippen molar-refractivity contribution >= 4 is 39.6 Å². The van der Waals surface area contributed by atoms with Gasteiger partial charge in [0.15, 0.2) is 0 Å². The lowest BCUT2D eigenvalue weighted by molar-refractivity contribution is 0.479. The molecule has 0 amide bonds. The van der Waals surface area contributed by atoms with Gasteiger partial charge in [-0.3, -0.25) is 0 Å². The molecular formula is C30H18BNO2. The van der Waals surface area contributed by atoms with Crippen molar-refractivity contribution in [2.75, 3.05) is 0 Å². The number of fused-ring (bicyclic) bond motifs is 7. The van der Waals surface area contributed by atoms with Gasteiger partial charge in [0.05, 0.1) is 16.7 Å². The van der Waals surface area contributed by atoms with Crippen molar-refractivity contribution in [3.63, 3.8) is 0 Å². The van der Waals surface area contributed by atoms with Crippen LogP contribution in [0.5, 0.6) is 17.2 Å². The lowest BCUT2D eigenvalue weighted by atomic mass is 9.51. The molecule has 8 rings (SSSR count). The lowest BCUT2D eigenvalue weighted by Gasteiger charge is -2.33. The van der Waals surface area contributed by atoms with Crippen LogP contribution in [0.2, 0.25) is 0 Å². The minimum absolute atomic E-state index is 0.210. The van der Waals surface area contributed by atoms with E-state index < -0.39 is 0 Å². The van der Waals surface area contributed by atoms with E-state index in [0.717, 1.165) is 39.4 Å². The summed E-state index contributed by atoms with van der Waals surface area (Å²) in [5.41, 5.74) is 7.82. The molecular weight excluding hydrogens is 417 g/mol. The summed E-state index contributed by atoms with van der Waals surface area (Å²) in [5.74, 6) is 2.63. The number of aromatic nitrogens is 1. The van der Waals surface area contributed by atoms with E-state index in [0.29, 0.717) is 0 Å². The maximum Gasteiger partial charge on any atom is 0.434 e. The fourth-order valence-corrected chi connectivity index (χ4v) is 5.66. The second kappa shape index (κ2) is 6.55. The first-order valence-electron chi connectivity index (χ1n) is 11.6. The predicted octanol–water partition coefficient (Wildman–Crippen LogP) is 6.05. The van der Waals surface area contributed by atoms with Crippen LogP contribution in [0.4, 0.5) is 0 Å². The van der Waals surface area contributed by atoms with Gasteiger partial charge in [0.25, 0.3) is 0 Å². The number of nitrogens with zero attached hydrogens (tertiary/aromatic N) is 1. The molecule has 0 N–H and O–H groups in total. The Bertz CT molecular complexity index is 1730. The zero-order chi connectivity index (χ0) is 22.2. The average Bonchev–Trinajstić information content (AvgIpc) is 3.23. The quantitative estimate of drug-likeness (QED) is 0.294. The lowest BCUT2D eigenvalue weighted by Crippen LogP contribution is -2.53. The highest BCUT2D eigenvalue weighted by molar-refractivity contribution is 6.84. The van der Waals surface area contributed by atoms with Crippen LogP contribution in [-0.2, 0) is 0 Å². The van der Waals surface area contributed by atoms with Crippen LogP contribution >= 0.6 is 0 Å². The Hall–Kier alpha value is -4.44. The molecule has 158 valence electrons. The molecule has 2 aliphatic heterocycles. The van der Waals surface area contributed by atoms with Crippen LogP contribution in [0.1, 0.15) is 0 Å². The van der Waals surface area contributed by atoms with Gasteiger partial charge >= 0.3 is 6.92 Å². The van der Waals surface area contributed by atoms with Crippen molar-refractivity contribution in [2.45, 2.75) is 0 Å². The van der Waals surface area contributed by atoms with Crippen molar-refractivity contribution in [3.8, 4) is 34.1 Å². The van der Waals surface area contributed by atoms with Gasteiger partial charge in [0.1, 0.15) is 17.2 Å². The maximum absolute atomic E-state index is 6.92. The van der Waals surface area contributed by atoms with Gasteiger partial charge in [-0.1, -0.05) is 78.9 Å². The first-order chi connectivity index (χ1) is 16.9. The smallest absolute Gasteiger partial charge is 0.434 e. The van der Waals surface area contributed by atoms with Gasteiger partial charge in [0, 0.05) is 27.3 Å². The normalized spacial score (nSPS) is 13.1. The van der Waals surface area contributed by atoms with E-state index in [-0.39, 0.29) is 6.92 Å². The van der Waals surface area contributed by atoms with E-state index in [9.17, 15) is 0 Å². The van der Waals surface area contributed by atoms with Gasteiger partial charge < -0.3 is 14.0 Å². The Labute approximate surface area is 196 Å². The van der Waals surface area contributed by atoms with Gasteiger partial charge in [-0.15, -0.1) is 0 Å². The standard InChI is InChI=1S/C30H18BNO2/c1-4-14-24-19(9-1)20-10-2-5-15-25(20)32(24)26-16-7-12-22-21-11-8-18-28-29(21)31(34-30(22)26)23-13-3-6-17-27(23)33-28/h1-18H. The number of ether oxygens (including phenoxy) is 1. The third-order valence-corrected chi connectivity index (χ3v) is 7.09. The largest absolute Gasteiger partial charge is 0.549 e. The molecule has 0 aliphatic carbocycles. The maximum atomic E-state index is 6.92. The number of para-hydroxylation sites is 4. The third-order valence-electron chi connectivity index (χ3n) is 7.09. The molecule has 0 atom stereocenters. The Kier molecular flexibility index (Phi) is 3.48. The highest BCUT2D eigenvalue weighted by atomic mass is 16.5. The molecule has 0 bridgehead atoms. The first-order valence-corrected chi connectivity index (χ1v) is 11.6. The minimum atomic E-state index is -0.210. The zero-order valence-electron chi connectivity index (χ0n) is 18.2. The summed E-state index contributed by atoms with van der Waals surface area (Å²) < 4.78 is 15.5. The van der Waals surface area contributed by atoms with Crippen LogP contribution in [-0.4, -0.2) is 11.5 Å². The van der Waals surface area contributed by atoms with E-state index in [1.54, 1.807) is 0 Å². The van der Waals surface area contributed by atoms with Gasteiger partial charge in [-0.05, 0) is 35.9 Å². The monoisotopic (exact) mass is 435 g/mol. The first kappa shape index (κ1) is 18.0. The van der Waals surface area contributed by atoms with Crippen molar-refractivity contribution in [1.82, 2.24) is 4.57 Å². The molecule has 5 aromatic carbocycles. The van der Waals surface area contributed by atoms with E-state index in [1.165, 1.54) is 27.4 Å². The molecule has 0 saturated carbocycles. The van der Waals surface area contributed by atoms with Gasteiger partial charge in [-0.25, -0.2) is 0 Å². The summed E-state index contributed by atoms with van der Waals surface area (Å²) >= 11 is 0. The Balaban J connectivity index is 1.46. The molecule has 34 heavy (non-hydrogen) atoms. The Morgan fingerprint density at radius 1 is 0.559 bits per heavy atom. The van der Waals surface area contributed by atoms with Crippen molar-refractivity contribution < 1.29 is 9.39 Å². The zero-order valence-corrected chi connectivity index (χ0v) is 18.2. The predicted molar refractivity (Wildman–Crippen MR) is 138 cm³/mol. The molecule has 0 spiro atoms. The van der Waals surface area contributed by atoms with Gasteiger partial charge in [0.2, 0.25) is 0 Å². The fourth-order valence-electron chi connectivity index (χ4n) is 5.66. The molecule has 6 aromatic rings. The van der Waals surface area contributed by atoms with Crippen LogP contribution in [0.15, 0.2) is 109 Å². The summed E-state index contributed by atoms with van der Waals surface area (Å²) in [6, 6.07) is 38.1. The van der Waals surface area contributed by atoms with Crippen LogP contribution in [0.3, 0.4) is 0 Å². The van der Waals surface area contributed by atoms with E-state index in [2.05, 4.69) is 89.5 Å². The summed E-state index contributed by atoms with van der Waals surface area (Å²) in [7, 11) is 0. The Morgan fingerprint density at radius 2 is 1.21 bits per heavy atom. The van der Waals surface area contributed by atoms with E-state index in [4.69, 9.17) is 9.39 Å². The van der Waals surface area contributed by atoms with Crippen molar-refractivity contribution in [3.05, 3.63) is 109 Å². The summed E-state index contributed by atoms with van der Waals surface area (Å²) in [5, 5.41) is 2.48. The summed E-state index contributed by atoms with van der Waals surface area (Å²) in [6.45, 7) is -0.210. The molecule has 3 heterocycles. The third kappa shape index (κ3) is 2.27. The molecule has 4 heteroatoms. The second-order valence-corrected chi connectivity index (χ2v) is 8.88. The van der Waals surface area contributed by atoms with Crippen LogP contribution < -0.4 is 20.3 Å². The average molecular weight is 435 g/mol. The second-order valence-electron chi connectivity index (χ2n) is 8.88. The highest BCUT2D eigenvalue weighted by Gasteiger charge is 2.41. The highest BCUT2D eigenvalue weighted by Crippen LogP contribution is 2.44. The number of hydrogen-bond donors (Lipinski definition) is 0. The number of benzene rings is 5. The number of rotatable bonds is 1. The molecule has 0 saturated heterocycles. The summed E-state index contributed by atoms with van der Waals surface area (Å²) in [6.07, 6.45) is 0. The topological polar surface area (TPSA) is 23.4 Å². The Morgan fingerprint density at radius 3 is 2.03 bits per heavy atom.